The lowest BCUT2D eigenvalue weighted by atomic mass is 10.3. The summed E-state index contributed by atoms with van der Waals surface area (Å²) in [5.41, 5.74) is 0.400. The molecule has 0 aliphatic heterocycles. The van der Waals surface area contributed by atoms with E-state index in [1.54, 1.807) is 24.3 Å². The molecule has 2 N–H and O–H groups in total. The third-order valence-corrected chi connectivity index (χ3v) is 2.35. The molecule has 1 heterocycles. The van der Waals surface area contributed by atoms with Gasteiger partial charge in [0.05, 0.1) is 5.69 Å². The van der Waals surface area contributed by atoms with Gasteiger partial charge in [0.1, 0.15) is 5.69 Å². The van der Waals surface area contributed by atoms with Crippen molar-refractivity contribution in [1.82, 2.24) is 9.78 Å². The summed E-state index contributed by atoms with van der Waals surface area (Å²) in [4.78, 5) is 22.6. The van der Waals surface area contributed by atoms with Crippen molar-refractivity contribution in [2.45, 2.75) is 6.92 Å². The summed E-state index contributed by atoms with van der Waals surface area (Å²) in [6.07, 6.45) is 0. The van der Waals surface area contributed by atoms with Crippen LogP contribution < -0.4 is 5.56 Å². The summed E-state index contributed by atoms with van der Waals surface area (Å²) in [5, 5.41) is 11.4. The Kier molecular flexibility index (Phi) is 2.36. The number of nitrogens with zero attached hydrogens (tertiary/aromatic N) is 1. The number of H-pyrrole nitrogens is 1. The number of para-hydroxylation sites is 1. The van der Waals surface area contributed by atoms with Crippen LogP contribution in [0.15, 0.2) is 35.1 Å². The topological polar surface area (TPSA) is 75.1 Å². The second-order valence-corrected chi connectivity index (χ2v) is 3.39. The fourth-order valence-electron chi connectivity index (χ4n) is 1.49. The van der Waals surface area contributed by atoms with Crippen LogP contribution >= 0.6 is 0 Å². The molecular weight excluding hydrogens is 208 g/mol. The molecule has 82 valence electrons. The Morgan fingerprint density at radius 2 is 1.94 bits per heavy atom. The molecule has 0 unspecified atom stereocenters. The van der Waals surface area contributed by atoms with E-state index in [0.29, 0.717) is 5.69 Å². The zero-order chi connectivity index (χ0) is 11.7. The summed E-state index contributed by atoms with van der Waals surface area (Å²) in [6, 6.07) is 8.82. The Morgan fingerprint density at radius 1 is 1.31 bits per heavy atom. The van der Waals surface area contributed by atoms with Crippen molar-refractivity contribution in [1.29, 1.82) is 0 Å². The quantitative estimate of drug-likeness (QED) is 0.794. The highest BCUT2D eigenvalue weighted by Gasteiger charge is 2.16. The molecule has 0 fully saturated rings. The van der Waals surface area contributed by atoms with E-state index in [9.17, 15) is 9.59 Å². The van der Waals surface area contributed by atoms with E-state index in [2.05, 4.69) is 5.10 Å². The second-order valence-electron chi connectivity index (χ2n) is 3.39. The molecule has 1 aromatic carbocycles. The third-order valence-electron chi connectivity index (χ3n) is 2.35. The molecule has 0 saturated carbocycles. The summed E-state index contributed by atoms with van der Waals surface area (Å²) >= 11 is 0. The maximum Gasteiger partial charge on any atom is 0.354 e. The number of aromatic amines is 1. The lowest BCUT2D eigenvalue weighted by molar-refractivity contribution is 0.0689. The molecular formula is C11H10N2O3. The molecule has 0 saturated heterocycles. The van der Waals surface area contributed by atoms with Crippen LogP contribution in [0.1, 0.15) is 16.1 Å². The third kappa shape index (κ3) is 1.52. The van der Waals surface area contributed by atoms with Crippen LogP contribution in [0.3, 0.4) is 0 Å². The lowest BCUT2D eigenvalue weighted by Gasteiger charge is -1.99. The van der Waals surface area contributed by atoms with E-state index < -0.39 is 5.97 Å². The van der Waals surface area contributed by atoms with Gasteiger partial charge < -0.3 is 5.11 Å². The first-order valence-corrected chi connectivity index (χ1v) is 4.71. The highest BCUT2D eigenvalue weighted by Crippen LogP contribution is 2.06. The van der Waals surface area contributed by atoms with Gasteiger partial charge in [-0.2, -0.15) is 0 Å². The minimum absolute atomic E-state index is 0.0751. The Labute approximate surface area is 90.9 Å². The van der Waals surface area contributed by atoms with Crippen molar-refractivity contribution < 1.29 is 9.90 Å². The zero-order valence-corrected chi connectivity index (χ0v) is 8.60. The van der Waals surface area contributed by atoms with Gasteiger partial charge in [-0.05, 0) is 19.1 Å². The first kappa shape index (κ1) is 10.2. The van der Waals surface area contributed by atoms with Crippen LogP contribution in [0.4, 0.5) is 0 Å². The molecule has 0 amide bonds. The van der Waals surface area contributed by atoms with Crippen molar-refractivity contribution in [3.05, 3.63) is 51.9 Å². The minimum atomic E-state index is -1.13. The molecule has 0 atom stereocenters. The van der Waals surface area contributed by atoms with Crippen molar-refractivity contribution in [3.63, 3.8) is 0 Å². The Morgan fingerprint density at radius 3 is 2.44 bits per heavy atom. The van der Waals surface area contributed by atoms with Gasteiger partial charge in [0.2, 0.25) is 0 Å². The molecule has 2 aromatic rings. The Balaban J connectivity index is 2.65. The average Bonchev–Trinajstić information content (AvgIpc) is 2.58. The molecule has 1 aromatic heterocycles. The van der Waals surface area contributed by atoms with Crippen LogP contribution in [0, 0.1) is 6.92 Å². The van der Waals surface area contributed by atoms with Gasteiger partial charge in [0.15, 0.2) is 0 Å². The molecule has 5 heteroatoms. The van der Waals surface area contributed by atoms with Crippen molar-refractivity contribution >= 4 is 5.97 Å². The largest absolute Gasteiger partial charge is 0.477 e. The second kappa shape index (κ2) is 3.69. The number of nitrogens with one attached hydrogen (secondary N) is 1. The maximum absolute atomic E-state index is 11.8. The fraction of sp³-hybridized carbons (Fsp3) is 0.0909. The number of aromatic carboxylic acids is 1. The van der Waals surface area contributed by atoms with Crippen LogP contribution in [0.2, 0.25) is 0 Å². The van der Waals surface area contributed by atoms with Crippen molar-refractivity contribution in [2.75, 3.05) is 0 Å². The summed E-state index contributed by atoms with van der Waals surface area (Å²) < 4.78 is 1.22. The van der Waals surface area contributed by atoms with E-state index in [0.717, 1.165) is 0 Å². The van der Waals surface area contributed by atoms with Gasteiger partial charge in [-0.1, -0.05) is 18.2 Å². The van der Waals surface area contributed by atoms with E-state index >= 15 is 0 Å². The first-order chi connectivity index (χ1) is 7.61. The van der Waals surface area contributed by atoms with Crippen molar-refractivity contribution in [2.24, 2.45) is 0 Å². The zero-order valence-electron chi connectivity index (χ0n) is 8.60. The number of aromatic nitrogens is 2. The monoisotopic (exact) mass is 218 g/mol. The number of hydrogen-bond donors (Lipinski definition) is 2. The maximum atomic E-state index is 11.8. The fourth-order valence-corrected chi connectivity index (χ4v) is 1.49. The molecule has 5 nitrogen and oxygen atoms in total. The summed E-state index contributed by atoms with van der Waals surface area (Å²) in [5.74, 6) is -1.13. The van der Waals surface area contributed by atoms with E-state index in [1.165, 1.54) is 11.6 Å². The van der Waals surface area contributed by atoms with Gasteiger partial charge in [-0.25, -0.2) is 9.48 Å². The number of carboxylic acid groups (broad SMARTS) is 1. The molecule has 0 aliphatic rings. The number of rotatable bonds is 2. The smallest absolute Gasteiger partial charge is 0.354 e. The van der Waals surface area contributed by atoms with Gasteiger partial charge in [0, 0.05) is 5.56 Å². The Hall–Kier alpha value is -2.30. The number of hydrogen-bond acceptors (Lipinski definition) is 2. The van der Waals surface area contributed by atoms with Gasteiger partial charge in [-0.15, -0.1) is 0 Å². The Bertz CT molecular complexity index is 581. The lowest BCUT2D eigenvalue weighted by Crippen LogP contribution is -2.15. The van der Waals surface area contributed by atoms with E-state index in [-0.39, 0.29) is 16.8 Å². The predicted octanol–water partition coefficient (Wildman–Crippen LogP) is 1.17. The van der Waals surface area contributed by atoms with Crippen LogP contribution in [-0.4, -0.2) is 20.9 Å². The van der Waals surface area contributed by atoms with Gasteiger partial charge >= 0.3 is 5.97 Å². The van der Waals surface area contributed by atoms with Crippen LogP contribution in [0.25, 0.3) is 5.69 Å². The molecule has 2 rings (SSSR count). The van der Waals surface area contributed by atoms with Gasteiger partial charge in [0.25, 0.3) is 5.56 Å². The normalized spacial score (nSPS) is 10.3. The summed E-state index contributed by atoms with van der Waals surface area (Å²) in [7, 11) is 0. The number of carboxylic acids is 1. The van der Waals surface area contributed by atoms with E-state index in [4.69, 9.17) is 5.11 Å². The van der Waals surface area contributed by atoms with Crippen molar-refractivity contribution in [3.8, 4) is 5.69 Å². The van der Waals surface area contributed by atoms with Gasteiger partial charge in [-0.3, -0.25) is 9.89 Å². The molecule has 16 heavy (non-hydrogen) atoms. The molecule has 0 spiro atoms. The highest BCUT2D eigenvalue weighted by molar-refractivity contribution is 5.86. The SMILES string of the molecule is Cc1c(C(=O)O)[nH]n(-c2ccccc2)c1=O. The molecule has 0 bridgehead atoms. The number of carbonyl (C=O) groups is 1. The first-order valence-electron chi connectivity index (χ1n) is 4.71. The summed E-state index contributed by atoms with van der Waals surface area (Å²) in [6.45, 7) is 1.49. The number of benzene rings is 1. The highest BCUT2D eigenvalue weighted by atomic mass is 16.4. The van der Waals surface area contributed by atoms with E-state index in [1.807, 2.05) is 6.07 Å². The predicted molar refractivity (Wildman–Crippen MR) is 58.1 cm³/mol. The average molecular weight is 218 g/mol. The van der Waals surface area contributed by atoms with Crippen LogP contribution in [-0.2, 0) is 0 Å². The van der Waals surface area contributed by atoms with Crippen LogP contribution in [0.5, 0.6) is 0 Å². The molecule has 0 aliphatic carbocycles. The molecule has 0 radical (unpaired) electrons. The standard InChI is InChI=1S/C11H10N2O3/c1-7-9(11(15)16)12-13(10(7)14)8-5-3-2-4-6-8/h2-6,12H,1H3,(H,15,16). The minimum Gasteiger partial charge on any atom is -0.477 e.